The average molecular weight is 335 g/mol. The van der Waals surface area contributed by atoms with Gasteiger partial charge in [0.05, 0.1) is 12.7 Å². The summed E-state index contributed by atoms with van der Waals surface area (Å²) in [4.78, 5) is 4.36. The van der Waals surface area contributed by atoms with E-state index in [1.807, 2.05) is 43.6 Å². The molecule has 23 heavy (non-hydrogen) atoms. The zero-order valence-corrected chi connectivity index (χ0v) is 13.8. The highest BCUT2D eigenvalue weighted by Crippen LogP contribution is 2.14. The molecule has 1 unspecified atom stereocenters. The Balaban J connectivity index is 0.00000192. The molecule has 0 bridgehead atoms. The molecule has 0 aliphatic carbocycles. The summed E-state index contributed by atoms with van der Waals surface area (Å²) >= 11 is 0. The number of hydrogen-bond acceptors (Lipinski definition) is 6. The molecule has 0 radical (unpaired) electrons. The summed E-state index contributed by atoms with van der Waals surface area (Å²) in [6.07, 6.45) is 2.52. The number of hydrogen-bond donors (Lipinski definition) is 1. The number of nitrogens with zero attached hydrogens (tertiary/aromatic N) is 5. The lowest BCUT2D eigenvalue weighted by atomic mass is 10.2. The first-order chi connectivity index (χ1) is 10.7. The van der Waals surface area contributed by atoms with Gasteiger partial charge in [0.1, 0.15) is 0 Å². The zero-order chi connectivity index (χ0) is 15.4. The quantitative estimate of drug-likeness (QED) is 0.742. The number of rotatable bonds is 6. The second-order valence-corrected chi connectivity index (χ2v) is 5.20. The van der Waals surface area contributed by atoms with Crippen LogP contribution in [-0.4, -0.2) is 38.2 Å². The van der Waals surface area contributed by atoms with E-state index in [0.29, 0.717) is 36.4 Å². The van der Waals surface area contributed by atoms with Gasteiger partial charge in [-0.15, -0.1) is 17.5 Å². The van der Waals surface area contributed by atoms with Crippen LogP contribution < -0.4 is 5.32 Å². The van der Waals surface area contributed by atoms with Gasteiger partial charge in [-0.2, -0.15) is 4.98 Å². The van der Waals surface area contributed by atoms with E-state index in [4.69, 9.17) is 4.52 Å². The topological polar surface area (TPSA) is 81.7 Å². The molecule has 2 aromatic heterocycles. The molecular weight excluding hydrogens is 316 g/mol. The third kappa shape index (κ3) is 4.37. The standard InChI is InChI=1S/C15H18N6O.ClH/c1-11(16-2)8-14-17-15(22-19-14)13-10-21(20-18-13)9-12-6-4-3-5-7-12;/h3-7,10-11,16H,8-9H2,1-2H3;1H. The molecule has 1 atom stereocenters. The second-order valence-electron chi connectivity index (χ2n) is 5.20. The molecule has 122 valence electrons. The molecule has 3 rings (SSSR count). The van der Waals surface area contributed by atoms with E-state index in [9.17, 15) is 0 Å². The predicted octanol–water partition coefficient (Wildman–Crippen LogP) is 1.95. The van der Waals surface area contributed by atoms with Crippen LogP contribution >= 0.6 is 12.4 Å². The lowest BCUT2D eigenvalue weighted by Crippen LogP contribution is -2.24. The molecule has 0 aliphatic heterocycles. The van der Waals surface area contributed by atoms with Gasteiger partial charge in [-0.3, -0.25) is 0 Å². The lowest BCUT2D eigenvalue weighted by Gasteiger charge is -2.04. The smallest absolute Gasteiger partial charge is 0.280 e. The fraction of sp³-hybridized carbons (Fsp3) is 0.333. The van der Waals surface area contributed by atoms with Crippen LogP contribution in [0.3, 0.4) is 0 Å². The van der Waals surface area contributed by atoms with Gasteiger partial charge in [-0.1, -0.05) is 40.7 Å². The fourth-order valence-electron chi connectivity index (χ4n) is 2.06. The van der Waals surface area contributed by atoms with Gasteiger partial charge in [-0.05, 0) is 19.5 Å². The summed E-state index contributed by atoms with van der Waals surface area (Å²) < 4.78 is 7.01. The van der Waals surface area contributed by atoms with Crippen molar-refractivity contribution >= 4 is 12.4 Å². The summed E-state index contributed by atoms with van der Waals surface area (Å²) in [5.41, 5.74) is 1.75. The maximum absolute atomic E-state index is 5.25. The number of benzene rings is 1. The Bertz CT molecular complexity index is 726. The fourth-order valence-corrected chi connectivity index (χ4v) is 2.06. The Labute approximate surface area is 140 Å². The molecule has 0 saturated heterocycles. The summed E-state index contributed by atoms with van der Waals surface area (Å²) in [6, 6.07) is 10.4. The van der Waals surface area contributed by atoms with Crippen LogP contribution in [0.1, 0.15) is 18.3 Å². The molecule has 0 amide bonds. The predicted molar refractivity (Wildman–Crippen MR) is 88.3 cm³/mol. The van der Waals surface area contributed by atoms with Crippen LogP contribution in [0.15, 0.2) is 41.1 Å². The van der Waals surface area contributed by atoms with Gasteiger partial charge in [-0.25, -0.2) is 4.68 Å². The van der Waals surface area contributed by atoms with Gasteiger partial charge < -0.3 is 9.84 Å². The van der Waals surface area contributed by atoms with Crippen molar-refractivity contribution in [3.63, 3.8) is 0 Å². The normalized spacial score (nSPS) is 11.9. The molecule has 2 heterocycles. The van der Waals surface area contributed by atoms with Gasteiger partial charge >= 0.3 is 0 Å². The number of halogens is 1. The van der Waals surface area contributed by atoms with Crippen LogP contribution in [0.2, 0.25) is 0 Å². The Kier molecular flexibility index (Phi) is 5.84. The Morgan fingerprint density at radius 1 is 1.26 bits per heavy atom. The maximum Gasteiger partial charge on any atom is 0.280 e. The van der Waals surface area contributed by atoms with Crippen molar-refractivity contribution in [2.24, 2.45) is 0 Å². The van der Waals surface area contributed by atoms with Crippen LogP contribution in [0.4, 0.5) is 0 Å². The van der Waals surface area contributed by atoms with Gasteiger partial charge in [0.25, 0.3) is 5.89 Å². The highest BCUT2D eigenvalue weighted by atomic mass is 35.5. The van der Waals surface area contributed by atoms with Crippen LogP contribution in [0, 0.1) is 0 Å². The molecule has 0 aliphatic rings. The summed E-state index contributed by atoms with van der Waals surface area (Å²) in [7, 11) is 1.90. The monoisotopic (exact) mass is 334 g/mol. The third-order valence-corrected chi connectivity index (χ3v) is 3.39. The SMILES string of the molecule is CNC(C)Cc1noc(-c2cn(Cc3ccccc3)nn2)n1.Cl. The highest BCUT2D eigenvalue weighted by Gasteiger charge is 2.14. The third-order valence-electron chi connectivity index (χ3n) is 3.39. The second kappa shape index (κ2) is 7.85. The Morgan fingerprint density at radius 3 is 2.78 bits per heavy atom. The first kappa shape index (κ1) is 17.1. The highest BCUT2D eigenvalue weighted by molar-refractivity contribution is 5.85. The van der Waals surface area contributed by atoms with Crippen molar-refractivity contribution in [2.45, 2.75) is 25.9 Å². The molecule has 0 fully saturated rings. The van der Waals surface area contributed by atoms with Crippen LogP contribution in [-0.2, 0) is 13.0 Å². The van der Waals surface area contributed by atoms with E-state index in [1.54, 1.807) is 4.68 Å². The van der Waals surface area contributed by atoms with Crippen LogP contribution in [0.5, 0.6) is 0 Å². The first-order valence-corrected chi connectivity index (χ1v) is 7.19. The number of likely N-dealkylation sites (N-methyl/N-ethyl adjacent to an activating group) is 1. The van der Waals surface area contributed by atoms with Gasteiger partial charge in [0, 0.05) is 12.5 Å². The van der Waals surface area contributed by atoms with Crippen molar-refractivity contribution in [3.05, 3.63) is 47.9 Å². The largest absolute Gasteiger partial charge is 0.332 e. The number of nitrogens with one attached hydrogen (secondary N) is 1. The van der Waals surface area contributed by atoms with Crippen molar-refractivity contribution < 1.29 is 4.52 Å². The Morgan fingerprint density at radius 2 is 2.04 bits per heavy atom. The summed E-state index contributed by atoms with van der Waals surface area (Å²) in [5.74, 6) is 1.06. The average Bonchev–Trinajstić information content (AvgIpc) is 3.17. The summed E-state index contributed by atoms with van der Waals surface area (Å²) in [6.45, 7) is 2.72. The molecule has 8 heteroatoms. The molecule has 7 nitrogen and oxygen atoms in total. The number of aromatic nitrogens is 5. The lowest BCUT2D eigenvalue weighted by molar-refractivity contribution is 0.417. The van der Waals surface area contributed by atoms with E-state index in [-0.39, 0.29) is 12.4 Å². The molecule has 0 spiro atoms. The van der Waals surface area contributed by atoms with E-state index in [0.717, 1.165) is 5.56 Å². The minimum absolute atomic E-state index is 0. The summed E-state index contributed by atoms with van der Waals surface area (Å²) in [5, 5.41) is 15.3. The Hall–Kier alpha value is -2.25. The van der Waals surface area contributed by atoms with Crippen molar-refractivity contribution in [3.8, 4) is 11.6 Å². The first-order valence-electron chi connectivity index (χ1n) is 7.19. The van der Waals surface area contributed by atoms with Crippen molar-refractivity contribution in [1.82, 2.24) is 30.5 Å². The molecule has 0 saturated carbocycles. The van der Waals surface area contributed by atoms with E-state index >= 15 is 0 Å². The van der Waals surface area contributed by atoms with E-state index < -0.39 is 0 Å². The molecule has 1 N–H and O–H groups in total. The van der Waals surface area contributed by atoms with Crippen molar-refractivity contribution in [2.75, 3.05) is 7.05 Å². The van der Waals surface area contributed by atoms with Crippen LogP contribution in [0.25, 0.3) is 11.6 Å². The molecular formula is C15H19ClN6O. The minimum Gasteiger partial charge on any atom is -0.332 e. The van der Waals surface area contributed by atoms with Crippen molar-refractivity contribution in [1.29, 1.82) is 0 Å². The maximum atomic E-state index is 5.25. The minimum atomic E-state index is 0. The van der Waals surface area contributed by atoms with Gasteiger partial charge in [0.15, 0.2) is 11.5 Å². The zero-order valence-electron chi connectivity index (χ0n) is 13.0. The molecule has 1 aromatic carbocycles. The van der Waals surface area contributed by atoms with E-state index in [1.165, 1.54) is 0 Å². The molecule has 3 aromatic rings. The van der Waals surface area contributed by atoms with E-state index in [2.05, 4.69) is 32.7 Å². The van der Waals surface area contributed by atoms with Gasteiger partial charge in [0.2, 0.25) is 0 Å².